The first kappa shape index (κ1) is 13.0. The van der Waals surface area contributed by atoms with Crippen LogP contribution in [0.2, 0.25) is 0 Å². The van der Waals surface area contributed by atoms with Gasteiger partial charge in [-0.15, -0.1) is 0 Å². The third-order valence-corrected chi connectivity index (χ3v) is 5.30. The van der Waals surface area contributed by atoms with Crippen LogP contribution < -0.4 is 0 Å². The van der Waals surface area contributed by atoms with Gasteiger partial charge in [0.2, 0.25) is 0 Å². The lowest BCUT2D eigenvalue weighted by molar-refractivity contribution is 0.0478. The molecule has 110 valence electrons. The van der Waals surface area contributed by atoms with Crippen molar-refractivity contribution in [3.8, 4) is 0 Å². The van der Waals surface area contributed by atoms with E-state index in [9.17, 15) is 9.18 Å². The third-order valence-electron chi connectivity index (χ3n) is 5.30. The summed E-state index contributed by atoms with van der Waals surface area (Å²) in [7, 11) is 0. The summed E-state index contributed by atoms with van der Waals surface area (Å²) in [5.41, 5.74) is 0.998. The Hall–Kier alpha value is -1.71. The summed E-state index contributed by atoms with van der Waals surface area (Å²) >= 11 is 0. The van der Waals surface area contributed by atoms with Crippen LogP contribution in [0.4, 0.5) is 4.39 Å². The van der Waals surface area contributed by atoms with E-state index in [0.29, 0.717) is 11.8 Å². The van der Waals surface area contributed by atoms with Crippen molar-refractivity contribution in [2.45, 2.75) is 32.1 Å². The van der Waals surface area contributed by atoms with Gasteiger partial charge in [-0.25, -0.2) is 9.18 Å². The maximum absolute atomic E-state index is 13.5. The average Bonchev–Trinajstić information content (AvgIpc) is 2.46. The minimum Gasteiger partial charge on any atom is -0.313 e. The third kappa shape index (κ3) is 2.27. The number of carbonyl (C=O) groups excluding carboxylic acids is 1. The summed E-state index contributed by atoms with van der Waals surface area (Å²) in [6.45, 7) is 0. The zero-order valence-corrected chi connectivity index (χ0v) is 11.8. The molecule has 3 nitrogen and oxygen atoms in total. The molecule has 21 heavy (non-hydrogen) atoms. The number of hydrogen-bond acceptors (Lipinski definition) is 3. The molecular weight excluding hydrogens is 269 g/mol. The van der Waals surface area contributed by atoms with Gasteiger partial charge in [0.25, 0.3) is 0 Å². The first-order valence-corrected chi connectivity index (χ1v) is 7.74. The molecule has 0 heterocycles. The number of nitrogens with zero attached hydrogens (tertiary/aromatic N) is 1. The molecule has 4 bridgehead atoms. The Morgan fingerprint density at radius 3 is 2.29 bits per heavy atom. The van der Waals surface area contributed by atoms with E-state index < -0.39 is 11.8 Å². The topological polar surface area (TPSA) is 38.7 Å². The second-order valence-electron chi connectivity index (χ2n) is 6.68. The molecule has 4 aliphatic carbocycles. The Morgan fingerprint density at radius 2 is 1.67 bits per heavy atom. The Morgan fingerprint density at radius 1 is 1.05 bits per heavy atom. The summed E-state index contributed by atoms with van der Waals surface area (Å²) in [4.78, 5) is 17.0. The summed E-state index contributed by atoms with van der Waals surface area (Å²) in [5, 5.41) is 4.14. The van der Waals surface area contributed by atoms with E-state index in [0.717, 1.165) is 17.5 Å². The Kier molecular flexibility index (Phi) is 3.05. The number of rotatable bonds is 2. The van der Waals surface area contributed by atoms with Crippen LogP contribution in [0.15, 0.2) is 29.4 Å². The van der Waals surface area contributed by atoms with E-state index in [4.69, 9.17) is 4.84 Å². The fourth-order valence-corrected chi connectivity index (χ4v) is 4.59. The predicted octanol–water partition coefficient (Wildman–Crippen LogP) is 3.79. The Labute approximate surface area is 123 Å². The molecule has 0 N–H and O–H groups in total. The Balaban J connectivity index is 1.51. The quantitative estimate of drug-likeness (QED) is 0.613. The molecule has 0 radical (unpaired) electrons. The van der Waals surface area contributed by atoms with Crippen molar-refractivity contribution in [2.75, 3.05) is 0 Å². The summed E-state index contributed by atoms with van der Waals surface area (Å²) in [5.74, 6) is 1.38. The summed E-state index contributed by atoms with van der Waals surface area (Å²) in [6, 6.07) is 5.85. The number of carbonyl (C=O) groups is 1. The van der Waals surface area contributed by atoms with E-state index in [-0.39, 0.29) is 5.56 Å². The van der Waals surface area contributed by atoms with Gasteiger partial charge < -0.3 is 4.84 Å². The largest absolute Gasteiger partial charge is 0.368 e. The molecule has 4 heteroatoms. The highest BCUT2D eigenvalue weighted by Crippen LogP contribution is 2.52. The van der Waals surface area contributed by atoms with Crippen LogP contribution >= 0.6 is 0 Å². The van der Waals surface area contributed by atoms with Crippen molar-refractivity contribution >= 4 is 11.7 Å². The molecule has 4 aliphatic rings. The molecule has 4 fully saturated rings. The van der Waals surface area contributed by atoms with Gasteiger partial charge in [-0.05, 0) is 56.1 Å². The van der Waals surface area contributed by atoms with Crippen LogP contribution in [-0.2, 0) is 4.84 Å². The summed E-state index contributed by atoms with van der Waals surface area (Å²) < 4.78 is 13.5. The van der Waals surface area contributed by atoms with Crippen LogP contribution in [-0.4, -0.2) is 11.7 Å². The average molecular weight is 287 g/mol. The van der Waals surface area contributed by atoms with Crippen LogP contribution in [0, 0.1) is 29.5 Å². The van der Waals surface area contributed by atoms with Gasteiger partial charge >= 0.3 is 5.97 Å². The minimum absolute atomic E-state index is 0.0503. The first-order valence-electron chi connectivity index (χ1n) is 7.74. The van der Waals surface area contributed by atoms with E-state index in [1.807, 2.05) is 0 Å². The van der Waals surface area contributed by atoms with E-state index >= 15 is 0 Å². The first-order chi connectivity index (χ1) is 10.2. The van der Waals surface area contributed by atoms with Crippen LogP contribution in [0.3, 0.4) is 0 Å². The maximum Gasteiger partial charge on any atom is 0.368 e. The van der Waals surface area contributed by atoms with E-state index in [1.165, 1.54) is 44.2 Å². The number of oxime groups is 1. The molecule has 0 aliphatic heterocycles. The van der Waals surface area contributed by atoms with Gasteiger partial charge in [0.1, 0.15) is 5.82 Å². The molecule has 1 aromatic carbocycles. The Bertz CT molecular complexity index is 581. The van der Waals surface area contributed by atoms with Crippen molar-refractivity contribution < 1.29 is 14.0 Å². The zero-order chi connectivity index (χ0) is 14.4. The summed E-state index contributed by atoms with van der Waals surface area (Å²) in [6.07, 6.45) is 6.10. The molecule has 4 saturated carbocycles. The molecule has 5 rings (SSSR count). The van der Waals surface area contributed by atoms with Gasteiger partial charge in [0.05, 0.1) is 11.3 Å². The highest BCUT2D eigenvalue weighted by atomic mass is 19.1. The van der Waals surface area contributed by atoms with Crippen molar-refractivity contribution in [2.24, 2.45) is 28.8 Å². The van der Waals surface area contributed by atoms with Crippen LogP contribution in [0.5, 0.6) is 0 Å². The lowest BCUT2D eigenvalue weighted by atomic mass is 9.55. The van der Waals surface area contributed by atoms with Gasteiger partial charge in [-0.1, -0.05) is 17.3 Å². The lowest BCUT2D eigenvalue weighted by Gasteiger charge is -2.49. The number of halogens is 1. The van der Waals surface area contributed by atoms with Gasteiger partial charge in [-0.2, -0.15) is 0 Å². The van der Waals surface area contributed by atoms with Gasteiger partial charge in [0, 0.05) is 11.8 Å². The molecule has 0 amide bonds. The van der Waals surface area contributed by atoms with Crippen molar-refractivity contribution in [1.29, 1.82) is 0 Å². The maximum atomic E-state index is 13.5. The fourth-order valence-electron chi connectivity index (χ4n) is 4.59. The molecule has 1 aromatic rings. The SMILES string of the molecule is O=C(ON=C1C2CC3CC(C2)CC1C3)c1ccccc1F. The van der Waals surface area contributed by atoms with Gasteiger partial charge in [0.15, 0.2) is 0 Å². The van der Waals surface area contributed by atoms with Crippen LogP contribution in [0.25, 0.3) is 0 Å². The molecular formula is C17H18FNO2. The van der Waals surface area contributed by atoms with E-state index in [1.54, 1.807) is 12.1 Å². The van der Waals surface area contributed by atoms with Crippen molar-refractivity contribution in [3.05, 3.63) is 35.6 Å². The smallest absolute Gasteiger partial charge is 0.313 e. The second-order valence-corrected chi connectivity index (χ2v) is 6.68. The normalized spacial score (nSPS) is 33.1. The minimum atomic E-state index is -0.700. The molecule has 0 saturated heterocycles. The monoisotopic (exact) mass is 287 g/mol. The predicted molar refractivity (Wildman–Crippen MR) is 76.3 cm³/mol. The number of benzene rings is 1. The fraction of sp³-hybridized carbons (Fsp3) is 0.529. The van der Waals surface area contributed by atoms with Gasteiger partial charge in [-0.3, -0.25) is 0 Å². The lowest BCUT2D eigenvalue weighted by Crippen LogP contribution is -2.45. The molecule has 0 atom stereocenters. The standard InChI is InChI=1S/C17H18FNO2/c18-15-4-2-1-3-14(15)17(20)21-19-16-12-6-10-5-11(8-12)9-13(16)7-10/h1-4,10-13H,5-9H2. The van der Waals surface area contributed by atoms with Crippen molar-refractivity contribution in [1.82, 2.24) is 0 Å². The van der Waals surface area contributed by atoms with E-state index in [2.05, 4.69) is 5.16 Å². The number of hydrogen-bond donors (Lipinski definition) is 0. The zero-order valence-electron chi connectivity index (χ0n) is 11.8. The highest BCUT2D eigenvalue weighted by Gasteiger charge is 2.46. The van der Waals surface area contributed by atoms with Crippen molar-refractivity contribution in [3.63, 3.8) is 0 Å². The molecule has 0 aromatic heterocycles. The molecule has 0 unspecified atom stereocenters. The highest BCUT2D eigenvalue weighted by molar-refractivity contribution is 5.93. The van der Waals surface area contributed by atoms with Crippen LogP contribution in [0.1, 0.15) is 42.5 Å². The molecule has 0 spiro atoms. The second kappa shape index (κ2) is 4.93.